The molecule has 1 aromatic carbocycles. The summed E-state index contributed by atoms with van der Waals surface area (Å²) in [6, 6.07) is 5.42. The molecule has 5 heterocycles. The van der Waals surface area contributed by atoms with Gasteiger partial charge in [-0.25, -0.2) is 4.98 Å². The molecule has 0 saturated carbocycles. The minimum Gasteiger partial charge on any atom is -0.496 e. The minimum absolute atomic E-state index is 0.195. The molecule has 1 atom stereocenters. The zero-order chi connectivity index (χ0) is 31.0. The van der Waals surface area contributed by atoms with Crippen LogP contribution in [0.1, 0.15) is 24.4 Å². The third-order valence-corrected chi connectivity index (χ3v) is 8.39. The molecule has 3 aromatic heterocycles. The number of rotatable bonds is 8. The lowest BCUT2D eigenvalue weighted by atomic mass is 9.98. The maximum absolute atomic E-state index is 12.6. The van der Waals surface area contributed by atoms with E-state index in [2.05, 4.69) is 30.2 Å². The molecule has 2 N–H and O–H groups in total. The number of carbonyl (C=O) groups is 2. The highest BCUT2D eigenvalue weighted by Crippen LogP contribution is 2.38. The number of nitrogens with one attached hydrogen (secondary N) is 2. The Kier molecular flexibility index (Phi) is 7.95. The summed E-state index contributed by atoms with van der Waals surface area (Å²) >= 11 is 0. The second-order valence-electron chi connectivity index (χ2n) is 11.3. The van der Waals surface area contributed by atoms with Gasteiger partial charge in [0.2, 0.25) is 5.91 Å². The van der Waals surface area contributed by atoms with Crippen LogP contribution in [-0.4, -0.2) is 91.0 Å². The van der Waals surface area contributed by atoms with Gasteiger partial charge in [-0.15, -0.1) is 0 Å². The molecular formula is C31H36N8O5. The fourth-order valence-electron chi connectivity index (χ4n) is 5.90. The third kappa shape index (κ3) is 5.57. The Labute approximate surface area is 254 Å². The predicted molar refractivity (Wildman–Crippen MR) is 166 cm³/mol. The Hall–Kier alpha value is -4.91. The van der Waals surface area contributed by atoms with Gasteiger partial charge in [0, 0.05) is 82.8 Å². The van der Waals surface area contributed by atoms with Crippen molar-refractivity contribution in [3.8, 4) is 22.6 Å². The van der Waals surface area contributed by atoms with Crippen molar-refractivity contribution in [3.05, 3.63) is 58.9 Å². The van der Waals surface area contributed by atoms with Crippen molar-refractivity contribution in [3.63, 3.8) is 0 Å². The average Bonchev–Trinajstić information content (AvgIpc) is 3.51. The maximum atomic E-state index is 12.6. The van der Waals surface area contributed by atoms with Crippen LogP contribution in [0.5, 0.6) is 11.5 Å². The highest BCUT2D eigenvalue weighted by Gasteiger charge is 2.29. The number of piperidine rings is 1. The summed E-state index contributed by atoms with van der Waals surface area (Å²) in [7, 11) is 7.13. The summed E-state index contributed by atoms with van der Waals surface area (Å²) in [5.74, 6) is 1.61. The first-order valence-corrected chi connectivity index (χ1v) is 14.5. The van der Waals surface area contributed by atoms with Crippen LogP contribution >= 0.6 is 0 Å². The number of H-pyrrole nitrogens is 1. The van der Waals surface area contributed by atoms with E-state index in [4.69, 9.17) is 9.47 Å². The Morgan fingerprint density at radius 3 is 2.36 bits per heavy atom. The van der Waals surface area contributed by atoms with Gasteiger partial charge in [0.05, 0.1) is 37.1 Å². The number of carbonyl (C=O) groups excluding carboxylic acids is 2. The second kappa shape index (κ2) is 12.0. The number of aromatic nitrogens is 4. The van der Waals surface area contributed by atoms with Crippen LogP contribution in [0.25, 0.3) is 21.9 Å². The number of ether oxygens (including phenoxy) is 2. The van der Waals surface area contributed by atoms with Gasteiger partial charge in [0.25, 0.3) is 11.5 Å². The van der Waals surface area contributed by atoms with Crippen molar-refractivity contribution in [1.82, 2.24) is 30.0 Å². The molecule has 2 aliphatic rings. The number of hydrogen-bond donors (Lipinski definition) is 2. The third-order valence-electron chi connectivity index (χ3n) is 8.39. The monoisotopic (exact) mass is 600 g/mol. The van der Waals surface area contributed by atoms with Gasteiger partial charge in [-0.2, -0.15) is 5.10 Å². The second-order valence-corrected chi connectivity index (χ2v) is 11.3. The number of nitrogens with zero attached hydrogens (tertiary/aromatic N) is 6. The molecule has 44 heavy (non-hydrogen) atoms. The molecule has 6 rings (SSSR count). The van der Waals surface area contributed by atoms with Crippen molar-refractivity contribution < 1.29 is 19.1 Å². The summed E-state index contributed by atoms with van der Waals surface area (Å²) in [5.41, 5.74) is 3.41. The zero-order valence-corrected chi connectivity index (χ0v) is 25.3. The molecule has 2 saturated heterocycles. The van der Waals surface area contributed by atoms with Crippen molar-refractivity contribution >= 4 is 34.1 Å². The number of pyridine rings is 2. The van der Waals surface area contributed by atoms with E-state index in [0.29, 0.717) is 36.3 Å². The van der Waals surface area contributed by atoms with Gasteiger partial charge < -0.3 is 24.3 Å². The smallest absolute Gasteiger partial charge is 0.257 e. The van der Waals surface area contributed by atoms with Crippen LogP contribution in [0.2, 0.25) is 0 Å². The van der Waals surface area contributed by atoms with E-state index in [9.17, 15) is 14.4 Å². The number of fused-ring (bicyclic) bond motifs is 1. The Morgan fingerprint density at radius 1 is 0.977 bits per heavy atom. The zero-order valence-electron chi connectivity index (χ0n) is 25.3. The number of methoxy groups -OCH3 is 2. The van der Waals surface area contributed by atoms with Crippen LogP contribution in [0.3, 0.4) is 0 Å². The number of imide groups is 1. The molecule has 0 spiro atoms. The lowest BCUT2D eigenvalue weighted by molar-refractivity contribution is -0.135. The molecule has 2 amide bonds. The van der Waals surface area contributed by atoms with Gasteiger partial charge in [0.15, 0.2) is 0 Å². The number of amides is 2. The predicted octanol–water partition coefficient (Wildman–Crippen LogP) is 2.17. The molecule has 2 fully saturated rings. The molecule has 13 nitrogen and oxygen atoms in total. The van der Waals surface area contributed by atoms with Crippen LogP contribution in [0, 0.1) is 0 Å². The normalized spacial score (nSPS) is 17.5. The Balaban J connectivity index is 1.20. The molecule has 230 valence electrons. The topological polar surface area (TPSA) is 138 Å². The molecule has 1 unspecified atom stereocenters. The molecular weight excluding hydrogens is 564 g/mol. The lowest BCUT2D eigenvalue weighted by Gasteiger charge is -2.35. The van der Waals surface area contributed by atoms with Gasteiger partial charge in [-0.3, -0.25) is 29.3 Å². The van der Waals surface area contributed by atoms with E-state index in [1.54, 1.807) is 37.5 Å². The van der Waals surface area contributed by atoms with Crippen LogP contribution < -0.4 is 30.1 Å². The summed E-state index contributed by atoms with van der Waals surface area (Å²) in [6.07, 6.45) is 7.76. The first-order valence-electron chi connectivity index (χ1n) is 14.5. The standard InChI is InChI=1S/C31H36N8O5/c1-36(2)28-13-21-22(15-33-30(41)23(21)16-32-28)19-11-26(43-3)24(27(12-19)44-4)18-37-7-9-38(10-8-37)20-14-34-39(17-20)25-5-6-29(40)35-31(25)42/h11-17,25H,5-10,18H2,1-4H3,(H,33,41)(H,35,40,42). The summed E-state index contributed by atoms with van der Waals surface area (Å²) < 4.78 is 13.4. The fourth-order valence-corrected chi connectivity index (χ4v) is 5.90. The first-order chi connectivity index (χ1) is 21.2. The number of benzene rings is 1. The van der Waals surface area contributed by atoms with Crippen molar-refractivity contribution in [2.45, 2.75) is 25.4 Å². The van der Waals surface area contributed by atoms with E-state index in [-0.39, 0.29) is 17.4 Å². The summed E-state index contributed by atoms with van der Waals surface area (Å²) in [5, 5.41) is 8.12. The quantitative estimate of drug-likeness (QED) is 0.290. The van der Waals surface area contributed by atoms with Gasteiger partial charge in [-0.05, 0) is 30.2 Å². The fraction of sp³-hybridized carbons (Fsp3) is 0.387. The molecule has 0 radical (unpaired) electrons. The van der Waals surface area contributed by atoms with Crippen LogP contribution in [-0.2, 0) is 16.1 Å². The Morgan fingerprint density at radius 2 is 1.70 bits per heavy atom. The van der Waals surface area contributed by atoms with Crippen molar-refractivity contribution in [1.29, 1.82) is 0 Å². The van der Waals surface area contributed by atoms with E-state index in [1.165, 1.54) is 0 Å². The Bertz CT molecular complexity index is 1750. The van der Waals surface area contributed by atoms with Gasteiger partial charge in [0.1, 0.15) is 23.4 Å². The van der Waals surface area contributed by atoms with Crippen molar-refractivity contribution in [2.24, 2.45) is 0 Å². The highest BCUT2D eigenvalue weighted by atomic mass is 16.5. The molecule has 13 heteroatoms. The highest BCUT2D eigenvalue weighted by molar-refractivity contribution is 5.99. The van der Waals surface area contributed by atoms with E-state index < -0.39 is 6.04 Å². The average molecular weight is 601 g/mol. The number of piperazine rings is 1. The van der Waals surface area contributed by atoms with E-state index >= 15 is 0 Å². The molecule has 2 aliphatic heterocycles. The minimum atomic E-state index is -0.466. The first kappa shape index (κ1) is 29.2. The van der Waals surface area contributed by atoms with E-state index in [1.807, 2.05) is 43.4 Å². The number of hydrogen-bond acceptors (Lipinski definition) is 10. The van der Waals surface area contributed by atoms with Gasteiger partial charge >= 0.3 is 0 Å². The van der Waals surface area contributed by atoms with E-state index in [0.717, 1.165) is 59.8 Å². The van der Waals surface area contributed by atoms with Crippen LogP contribution in [0.4, 0.5) is 11.5 Å². The van der Waals surface area contributed by atoms with Gasteiger partial charge in [-0.1, -0.05) is 0 Å². The maximum Gasteiger partial charge on any atom is 0.257 e. The number of anilines is 2. The summed E-state index contributed by atoms with van der Waals surface area (Å²) in [4.78, 5) is 50.1. The largest absolute Gasteiger partial charge is 0.496 e. The van der Waals surface area contributed by atoms with Crippen molar-refractivity contribution in [2.75, 3.05) is 64.3 Å². The summed E-state index contributed by atoms with van der Waals surface area (Å²) in [6.45, 7) is 3.83. The SMILES string of the molecule is COc1cc(-c2c[nH]c(=O)c3cnc(N(C)C)cc23)cc(OC)c1CN1CCN(c2cnn(C3CCC(=O)NC3=O)c2)CC1. The molecule has 0 bridgehead atoms. The lowest BCUT2D eigenvalue weighted by Crippen LogP contribution is -2.46. The van der Waals surface area contributed by atoms with Crippen LogP contribution in [0.15, 0.2) is 47.8 Å². The molecule has 0 aliphatic carbocycles. The molecule has 4 aromatic rings. The number of aromatic amines is 1.